The van der Waals surface area contributed by atoms with E-state index in [4.69, 9.17) is 0 Å². The number of aromatic nitrogens is 3. The molecule has 100 valence electrons. The molecule has 1 aliphatic rings. The van der Waals surface area contributed by atoms with E-state index in [9.17, 15) is 0 Å². The third-order valence-corrected chi connectivity index (χ3v) is 4.08. The SMILES string of the molecule is c1cncc(CCn2ccnc2C2CCCCC2)c1. The molecule has 0 bridgehead atoms. The summed E-state index contributed by atoms with van der Waals surface area (Å²) < 4.78 is 2.34. The van der Waals surface area contributed by atoms with Crippen LogP contribution in [0.2, 0.25) is 0 Å². The van der Waals surface area contributed by atoms with Crippen molar-refractivity contribution in [2.24, 2.45) is 0 Å². The second kappa shape index (κ2) is 6.00. The van der Waals surface area contributed by atoms with Gasteiger partial charge in [0.2, 0.25) is 0 Å². The van der Waals surface area contributed by atoms with Crippen molar-refractivity contribution < 1.29 is 0 Å². The van der Waals surface area contributed by atoms with Crippen molar-refractivity contribution in [3.8, 4) is 0 Å². The Kier molecular flexibility index (Phi) is 3.92. The Morgan fingerprint density at radius 3 is 2.84 bits per heavy atom. The Labute approximate surface area is 114 Å². The van der Waals surface area contributed by atoms with Gasteiger partial charge in [-0.25, -0.2) is 4.98 Å². The number of aryl methyl sites for hydroxylation is 2. The zero-order chi connectivity index (χ0) is 12.9. The molecule has 2 aromatic heterocycles. The van der Waals surface area contributed by atoms with Crippen molar-refractivity contribution in [3.63, 3.8) is 0 Å². The predicted octanol–water partition coefficient (Wildman–Crippen LogP) is 3.57. The van der Waals surface area contributed by atoms with E-state index >= 15 is 0 Å². The van der Waals surface area contributed by atoms with Gasteiger partial charge in [-0.2, -0.15) is 0 Å². The highest BCUT2D eigenvalue weighted by Gasteiger charge is 2.19. The second-order valence-electron chi connectivity index (χ2n) is 5.43. The van der Waals surface area contributed by atoms with Gasteiger partial charge in [-0.15, -0.1) is 0 Å². The minimum atomic E-state index is 0.678. The van der Waals surface area contributed by atoms with Crippen LogP contribution >= 0.6 is 0 Å². The summed E-state index contributed by atoms with van der Waals surface area (Å²) in [6, 6.07) is 4.15. The van der Waals surface area contributed by atoms with E-state index in [0.717, 1.165) is 13.0 Å². The fourth-order valence-corrected chi connectivity index (χ4v) is 3.03. The molecule has 0 amide bonds. The molecule has 2 heterocycles. The van der Waals surface area contributed by atoms with Crippen LogP contribution in [0.5, 0.6) is 0 Å². The molecule has 3 rings (SSSR count). The lowest BCUT2D eigenvalue weighted by atomic mass is 9.88. The predicted molar refractivity (Wildman–Crippen MR) is 76.0 cm³/mol. The third kappa shape index (κ3) is 3.03. The highest BCUT2D eigenvalue weighted by atomic mass is 15.1. The van der Waals surface area contributed by atoms with Gasteiger partial charge in [0.05, 0.1) is 0 Å². The quantitative estimate of drug-likeness (QED) is 0.836. The minimum Gasteiger partial charge on any atom is -0.334 e. The molecule has 0 aromatic carbocycles. The lowest BCUT2D eigenvalue weighted by Gasteiger charge is -2.22. The Hall–Kier alpha value is -1.64. The molecule has 1 saturated carbocycles. The van der Waals surface area contributed by atoms with Crippen molar-refractivity contribution in [2.75, 3.05) is 0 Å². The van der Waals surface area contributed by atoms with Crippen LogP contribution < -0.4 is 0 Å². The minimum absolute atomic E-state index is 0.678. The molecule has 3 nitrogen and oxygen atoms in total. The van der Waals surface area contributed by atoms with Gasteiger partial charge in [0.1, 0.15) is 5.82 Å². The standard InChI is InChI=1S/C16H21N3/c1-2-6-15(7-3-1)16-18-10-12-19(16)11-8-14-5-4-9-17-13-14/h4-5,9-10,12-13,15H,1-3,6-8,11H2. The van der Waals surface area contributed by atoms with Crippen LogP contribution in [0.4, 0.5) is 0 Å². The first-order valence-corrected chi connectivity index (χ1v) is 7.33. The van der Waals surface area contributed by atoms with Gasteiger partial charge in [-0.05, 0) is 30.9 Å². The highest BCUT2D eigenvalue weighted by molar-refractivity contribution is 5.09. The summed E-state index contributed by atoms with van der Waals surface area (Å²) in [5.74, 6) is 1.97. The van der Waals surface area contributed by atoms with Gasteiger partial charge >= 0.3 is 0 Å². The average Bonchev–Trinajstić information content (AvgIpc) is 2.95. The van der Waals surface area contributed by atoms with E-state index in [1.165, 1.54) is 43.5 Å². The largest absolute Gasteiger partial charge is 0.334 e. The van der Waals surface area contributed by atoms with Gasteiger partial charge in [-0.1, -0.05) is 25.3 Å². The fourth-order valence-electron chi connectivity index (χ4n) is 3.03. The smallest absolute Gasteiger partial charge is 0.111 e. The number of imidazole rings is 1. The molecule has 2 aromatic rings. The van der Waals surface area contributed by atoms with E-state index in [1.807, 2.05) is 24.7 Å². The summed E-state index contributed by atoms with van der Waals surface area (Å²) in [5.41, 5.74) is 1.30. The van der Waals surface area contributed by atoms with Gasteiger partial charge in [0, 0.05) is 37.3 Å². The molecule has 19 heavy (non-hydrogen) atoms. The van der Waals surface area contributed by atoms with E-state index in [0.29, 0.717) is 5.92 Å². The van der Waals surface area contributed by atoms with Gasteiger partial charge < -0.3 is 4.57 Å². The number of pyridine rings is 1. The van der Waals surface area contributed by atoms with E-state index in [2.05, 4.69) is 26.8 Å². The van der Waals surface area contributed by atoms with Crippen LogP contribution in [-0.2, 0) is 13.0 Å². The Morgan fingerprint density at radius 2 is 2.05 bits per heavy atom. The lowest BCUT2D eigenvalue weighted by Crippen LogP contribution is -2.13. The zero-order valence-corrected chi connectivity index (χ0v) is 11.3. The number of hydrogen-bond acceptors (Lipinski definition) is 2. The maximum absolute atomic E-state index is 4.60. The molecule has 0 atom stereocenters. The summed E-state index contributed by atoms with van der Waals surface area (Å²) in [4.78, 5) is 8.77. The van der Waals surface area contributed by atoms with Crippen LogP contribution in [0.25, 0.3) is 0 Å². The summed E-state index contributed by atoms with van der Waals surface area (Å²) in [6.45, 7) is 1.01. The van der Waals surface area contributed by atoms with Crippen molar-refractivity contribution in [1.82, 2.24) is 14.5 Å². The Morgan fingerprint density at radius 1 is 1.16 bits per heavy atom. The third-order valence-electron chi connectivity index (χ3n) is 4.08. The first-order chi connectivity index (χ1) is 9.43. The first-order valence-electron chi connectivity index (χ1n) is 7.33. The number of rotatable bonds is 4. The Bertz CT molecular complexity index is 498. The molecule has 0 unspecified atom stereocenters. The molecule has 1 fully saturated rings. The second-order valence-corrected chi connectivity index (χ2v) is 5.43. The van der Waals surface area contributed by atoms with Crippen molar-refractivity contribution in [2.45, 2.75) is 51.0 Å². The lowest BCUT2D eigenvalue weighted by molar-refractivity contribution is 0.415. The molecule has 0 N–H and O–H groups in total. The number of hydrogen-bond donors (Lipinski definition) is 0. The highest BCUT2D eigenvalue weighted by Crippen LogP contribution is 2.31. The van der Waals surface area contributed by atoms with E-state index in [-0.39, 0.29) is 0 Å². The number of nitrogens with zero attached hydrogens (tertiary/aromatic N) is 3. The molecule has 1 aliphatic carbocycles. The monoisotopic (exact) mass is 255 g/mol. The fraction of sp³-hybridized carbons (Fsp3) is 0.500. The van der Waals surface area contributed by atoms with Gasteiger partial charge in [-0.3, -0.25) is 4.98 Å². The summed E-state index contributed by atoms with van der Waals surface area (Å²) >= 11 is 0. The Balaban J connectivity index is 1.66. The molecular weight excluding hydrogens is 234 g/mol. The molecule has 3 heteroatoms. The van der Waals surface area contributed by atoms with Crippen LogP contribution in [-0.4, -0.2) is 14.5 Å². The van der Waals surface area contributed by atoms with Gasteiger partial charge in [0.25, 0.3) is 0 Å². The van der Waals surface area contributed by atoms with Gasteiger partial charge in [0.15, 0.2) is 0 Å². The van der Waals surface area contributed by atoms with Crippen LogP contribution in [0.1, 0.15) is 49.4 Å². The average molecular weight is 255 g/mol. The molecule has 0 aliphatic heterocycles. The van der Waals surface area contributed by atoms with Crippen LogP contribution in [0.3, 0.4) is 0 Å². The molecule has 0 radical (unpaired) electrons. The summed E-state index contributed by atoms with van der Waals surface area (Å²) in [5, 5.41) is 0. The van der Waals surface area contributed by atoms with E-state index in [1.54, 1.807) is 0 Å². The van der Waals surface area contributed by atoms with Crippen LogP contribution in [0, 0.1) is 0 Å². The molecular formula is C16H21N3. The van der Waals surface area contributed by atoms with Crippen molar-refractivity contribution >= 4 is 0 Å². The van der Waals surface area contributed by atoms with E-state index < -0.39 is 0 Å². The van der Waals surface area contributed by atoms with Crippen LogP contribution in [0.15, 0.2) is 36.9 Å². The first kappa shape index (κ1) is 12.4. The topological polar surface area (TPSA) is 30.7 Å². The molecule has 0 saturated heterocycles. The summed E-state index contributed by atoms with van der Waals surface area (Å²) in [7, 11) is 0. The molecule has 0 spiro atoms. The maximum atomic E-state index is 4.60. The zero-order valence-electron chi connectivity index (χ0n) is 11.3. The van der Waals surface area contributed by atoms with Crippen molar-refractivity contribution in [3.05, 3.63) is 48.3 Å². The van der Waals surface area contributed by atoms with Crippen molar-refractivity contribution in [1.29, 1.82) is 0 Å². The normalized spacial score (nSPS) is 16.6. The maximum Gasteiger partial charge on any atom is 0.111 e. The summed E-state index contributed by atoms with van der Waals surface area (Å²) in [6.07, 6.45) is 15.6.